The second-order valence-corrected chi connectivity index (χ2v) is 5.28. The van der Waals surface area contributed by atoms with Gasteiger partial charge >= 0.3 is 0 Å². The number of anilines is 1. The summed E-state index contributed by atoms with van der Waals surface area (Å²) in [7, 11) is 7.41. The first-order valence-electron chi connectivity index (χ1n) is 6.98. The lowest BCUT2D eigenvalue weighted by Crippen LogP contribution is -2.31. The Balaban J connectivity index is 2.36. The largest absolute Gasteiger partial charge is 0.493 e. The highest BCUT2D eigenvalue weighted by Crippen LogP contribution is 2.34. The zero-order valence-electron chi connectivity index (χ0n) is 13.3. The van der Waals surface area contributed by atoms with Gasteiger partial charge in [0.2, 0.25) is 0 Å². The Morgan fingerprint density at radius 2 is 1.86 bits per heavy atom. The third kappa shape index (κ3) is 3.36. The van der Waals surface area contributed by atoms with Crippen LogP contribution in [0.25, 0.3) is 10.8 Å². The summed E-state index contributed by atoms with van der Waals surface area (Å²) in [4.78, 5) is 6.61. The molecule has 1 heterocycles. The van der Waals surface area contributed by atoms with Crippen LogP contribution in [0.3, 0.4) is 0 Å². The number of hydrogen-bond acceptors (Lipinski definition) is 5. The average Bonchev–Trinajstić information content (AvgIpc) is 2.50. The van der Waals surface area contributed by atoms with Gasteiger partial charge in [0.25, 0.3) is 0 Å². The quantitative estimate of drug-likeness (QED) is 0.885. The van der Waals surface area contributed by atoms with Gasteiger partial charge in [-0.05, 0) is 44.6 Å². The Kier molecular flexibility index (Phi) is 4.85. The smallest absolute Gasteiger partial charge is 0.161 e. The molecule has 2 aromatic rings. The minimum atomic E-state index is 0.419. The summed E-state index contributed by atoms with van der Waals surface area (Å²) >= 11 is 0. The van der Waals surface area contributed by atoms with Crippen LogP contribution in [0.2, 0.25) is 0 Å². The van der Waals surface area contributed by atoms with Crippen molar-refractivity contribution in [3.8, 4) is 11.5 Å². The van der Waals surface area contributed by atoms with Crippen molar-refractivity contribution >= 4 is 16.6 Å². The predicted octanol–water partition coefficient (Wildman–Crippen LogP) is 2.61. The molecule has 0 spiro atoms. The lowest BCUT2D eigenvalue weighted by molar-refractivity contribution is 0.326. The lowest BCUT2D eigenvalue weighted by atomic mass is 10.1. The van der Waals surface area contributed by atoms with E-state index in [2.05, 4.69) is 36.2 Å². The highest BCUT2D eigenvalue weighted by atomic mass is 16.5. The van der Waals surface area contributed by atoms with Crippen LogP contribution in [-0.4, -0.2) is 50.8 Å². The van der Waals surface area contributed by atoms with Crippen LogP contribution in [0.4, 0.5) is 5.82 Å². The van der Waals surface area contributed by atoms with Crippen molar-refractivity contribution in [3.63, 3.8) is 0 Å². The molecule has 0 radical (unpaired) electrons. The van der Waals surface area contributed by atoms with Crippen molar-refractivity contribution in [3.05, 3.63) is 24.4 Å². The fraction of sp³-hybridized carbons (Fsp3) is 0.438. The molecule has 2 rings (SSSR count). The monoisotopic (exact) mass is 289 g/mol. The van der Waals surface area contributed by atoms with Crippen LogP contribution in [0, 0.1) is 0 Å². The van der Waals surface area contributed by atoms with Crippen molar-refractivity contribution in [2.75, 3.05) is 40.2 Å². The van der Waals surface area contributed by atoms with Crippen molar-refractivity contribution in [1.29, 1.82) is 0 Å². The number of benzene rings is 1. The maximum absolute atomic E-state index is 5.37. The van der Waals surface area contributed by atoms with Gasteiger partial charge in [0.05, 0.1) is 14.2 Å². The molecule has 0 aliphatic carbocycles. The van der Waals surface area contributed by atoms with Gasteiger partial charge in [-0.15, -0.1) is 0 Å². The summed E-state index contributed by atoms with van der Waals surface area (Å²) in [5.74, 6) is 2.30. The van der Waals surface area contributed by atoms with E-state index in [-0.39, 0.29) is 0 Å². The third-order valence-electron chi connectivity index (χ3n) is 3.72. The van der Waals surface area contributed by atoms with E-state index in [4.69, 9.17) is 9.47 Å². The number of nitrogens with zero attached hydrogens (tertiary/aromatic N) is 2. The van der Waals surface area contributed by atoms with Crippen molar-refractivity contribution in [2.24, 2.45) is 0 Å². The molecule has 1 aromatic heterocycles. The summed E-state index contributed by atoms with van der Waals surface area (Å²) in [5, 5.41) is 5.51. The van der Waals surface area contributed by atoms with Crippen LogP contribution in [0.1, 0.15) is 6.92 Å². The number of aromatic nitrogens is 1. The molecule has 0 saturated carbocycles. The van der Waals surface area contributed by atoms with E-state index in [1.54, 1.807) is 20.4 Å². The van der Waals surface area contributed by atoms with Crippen molar-refractivity contribution < 1.29 is 9.47 Å². The molecular weight excluding hydrogens is 266 g/mol. The molecule has 5 nitrogen and oxygen atoms in total. The molecule has 0 fully saturated rings. The van der Waals surface area contributed by atoms with Crippen molar-refractivity contribution in [1.82, 2.24) is 9.88 Å². The number of rotatable bonds is 6. The first-order chi connectivity index (χ1) is 10.1. The van der Waals surface area contributed by atoms with E-state index >= 15 is 0 Å². The highest BCUT2D eigenvalue weighted by Gasteiger charge is 2.11. The SMILES string of the molecule is COc1cc2ccnc(NCC(C)N(C)C)c2cc1OC. The van der Waals surface area contributed by atoms with E-state index in [1.165, 1.54) is 0 Å². The van der Waals surface area contributed by atoms with E-state index < -0.39 is 0 Å². The third-order valence-corrected chi connectivity index (χ3v) is 3.72. The van der Waals surface area contributed by atoms with Crippen LogP contribution in [0.15, 0.2) is 24.4 Å². The van der Waals surface area contributed by atoms with Gasteiger partial charge < -0.3 is 19.7 Å². The highest BCUT2D eigenvalue weighted by molar-refractivity contribution is 5.94. The molecule has 5 heteroatoms. The van der Waals surface area contributed by atoms with Crippen LogP contribution >= 0.6 is 0 Å². The number of likely N-dealkylation sites (N-methyl/N-ethyl adjacent to an activating group) is 1. The van der Waals surface area contributed by atoms with Gasteiger partial charge in [0.15, 0.2) is 11.5 Å². The molecule has 1 aromatic carbocycles. The molecule has 114 valence electrons. The van der Waals surface area contributed by atoms with Crippen LogP contribution in [-0.2, 0) is 0 Å². The second kappa shape index (κ2) is 6.63. The van der Waals surface area contributed by atoms with E-state index in [0.29, 0.717) is 11.8 Å². The Labute approximate surface area is 125 Å². The molecule has 0 amide bonds. The molecule has 0 aliphatic heterocycles. The minimum Gasteiger partial charge on any atom is -0.493 e. The normalized spacial score (nSPS) is 12.5. The zero-order chi connectivity index (χ0) is 15.4. The van der Waals surface area contributed by atoms with Gasteiger partial charge in [-0.25, -0.2) is 4.98 Å². The van der Waals surface area contributed by atoms with Crippen molar-refractivity contribution in [2.45, 2.75) is 13.0 Å². The fourth-order valence-electron chi connectivity index (χ4n) is 2.07. The summed E-state index contributed by atoms with van der Waals surface area (Å²) in [6, 6.07) is 6.32. The summed E-state index contributed by atoms with van der Waals surface area (Å²) in [5.41, 5.74) is 0. The zero-order valence-corrected chi connectivity index (χ0v) is 13.3. The first kappa shape index (κ1) is 15.4. The van der Waals surface area contributed by atoms with E-state index in [9.17, 15) is 0 Å². The maximum Gasteiger partial charge on any atom is 0.161 e. The van der Waals surface area contributed by atoms with Gasteiger partial charge in [-0.2, -0.15) is 0 Å². The fourth-order valence-corrected chi connectivity index (χ4v) is 2.07. The van der Waals surface area contributed by atoms with Crippen LogP contribution < -0.4 is 14.8 Å². The molecule has 1 unspecified atom stereocenters. The van der Waals surface area contributed by atoms with Crippen LogP contribution in [0.5, 0.6) is 11.5 Å². The molecule has 0 aliphatic rings. The van der Waals surface area contributed by atoms with Gasteiger partial charge in [0.1, 0.15) is 5.82 Å². The standard InChI is InChI=1S/C16H23N3O2/c1-11(19(2)3)10-18-16-13-9-15(21-5)14(20-4)8-12(13)6-7-17-16/h6-9,11H,10H2,1-5H3,(H,17,18). The lowest BCUT2D eigenvalue weighted by Gasteiger charge is -2.21. The number of nitrogens with one attached hydrogen (secondary N) is 1. The summed E-state index contributed by atoms with van der Waals surface area (Å²) in [6.45, 7) is 3.00. The molecule has 0 saturated heterocycles. The Morgan fingerprint density at radius 1 is 1.19 bits per heavy atom. The summed E-state index contributed by atoms with van der Waals surface area (Å²) in [6.07, 6.45) is 1.80. The molecule has 1 atom stereocenters. The number of pyridine rings is 1. The molecule has 0 bridgehead atoms. The van der Waals surface area contributed by atoms with E-state index in [1.807, 2.05) is 18.2 Å². The van der Waals surface area contributed by atoms with E-state index in [0.717, 1.165) is 28.9 Å². The van der Waals surface area contributed by atoms with Gasteiger partial charge in [0, 0.05) is 24.2 Å². The topological polar surface area (TPSA) is 46.6 Å². The summed E-state index contributed by atoms with van der Waals surface area (Å²) < 4.78 is 10.7. The number of ether oxygens (including phenoxy) is 2. The molecule has 21 heavy (non-hydrogen) atoms. The maximum atomic E-state index is 5.37. The minimum absolute atomic E-state index is 0.419. The average molecular weight is 289 g/mol. The first-order valence-corrected chi connectivity index (χ1v) is 6.98. The van der Waals surface area contributed by atoms with Gasteiger partial charge in [-0.1, -0.05) is 0 Å². The Morgan fingerprint density at radius 3 is 2.48 bits per heavy atom. The number of hydrogen-bond donors (Lipinski definition) is 1. The molecular formula is C16H23N3O2. The second-order valence-electron chi connectivity index (χ2n) is 5.28. The Hall–Kier alpha value is -2.01. The molecule has 1 N–H and O–H groups in total. The van der Waals surface area contributed by atoms with Gasteiger partial charge in [-0.3, -0.25) is 0 Å². The predicted molar refractivity (Wildman–Crippen MR) is 86.5 cm³/mol. The number of methoxy groups -OCH3 is 2. The Bertz CT molecular complexity index is 614. The number of fused-ring (bicyclic) bond motifs is 1.